The molecule has 1 aliphatic heterocycles. The minimum Gasteiger partial charge on any atom is -0.454 e. The molecule has 2 aliphatic carbocycles. The van der Waals surface area contributed by atoms with Gasteiger partial charge in [0.25, 0.3) is 5.91 Å². The highest BCUT2D eigenvalue weighted by molar-refractivity contribution is 9.10. The molecule has 1 aromatic rings. The maximum atomic E-state index is 12.6. The van der Waals surface area contributed by atoms with Gasteiger partial charge in [0, 0.05) is 10.2 Å². The molecule has 1 aromatic carbocycles. The highest BCUT2D eigenvalue weighted by atomic mass is 79.9. The van der Waals surface area contributed by atoms with Crippen LogP contribution >= 0.6 is 15.9 Å². The number of rotatable bonds is 5. The van der Waals surface area contributed by atoms with Crippen LogP contribution in [0.5, 0.6) is 0 Å². The van der Waals surface area contributed by atoms with Crippen molar-refractivity contribution in [3.63, 3.8) is 0 Å². The van der Waals surface area contributed by atoms with Crippen LogP contribution in [0.1, 0.15) is 17.5 Å². The van der Waals surface area contributed by atoms with Gasteiger partial charge in [0.1, 0.15) is 6.54 Å². The number of allylic oxidation sites excluding steroid dienone is 2. The molecular formula is C21H21BrN2O5. The number of carbonyl (C=O) groups excluding carboxylic acids is 4. The molecule has 1 heterocycles. The van der Waals surface area contributed by atoms with Crippen LogP contribution < -0.4 is 5.32 Å². The quantitative estimate of drug-likeness (QED) is 0.413. The Kier molecular flexibility index (Phi) is 5.06. The first kappa shape index (κ1) is 19.8. The van der Waals surface area contributed by atoms with Gasteiger partial charge in [-0.2, -0.15) is 0 Å². The zero-order valence-electron chi connectivity index (χ0n) is 16.1. The molecule has 1 saturated heterocycles. The number of amides is 3. The number of imide groups is 1. The SMILES string of the molecule is Cc1cc(NC(=O)COC(=O)CN2C(=O)[C@@H]3[C@@H](C2=O)[C@H]2C=C[C@H]3C2)c(C)cc1Br. The van der Waals surface area contributed by atoms with E-state index in [4.69, 9.17) is 4.74 Å². The number of hydrogen-bond donors (Lipinski definition) is 1. The Morgan fingerprint density at radius 1 is 1.10 bits per heavy atom. The van der Waals surface area contributed by atoms with Crippen LogP contribution in [0.4, 0.5) is 5.69 Å². The number of nitrogens with one attached hydrogen (secondary N) is 1. The molecule has 1 saturated carbocycles. The first-order valence-electron chi connectivity index (χ1n) is 9.52. The summed E-state index contributed by atoms with van der Waals surface area (Å²) in [6, 6.07) is 3.71. The van der Waals surface area contributed by atoms with Gasteiger partial charge in [-0.15, -0.1) is 0 Å². The van der Waals surface area contributed by atoms with Gasteiger partial charge in [-0.05, 0) is 55.4 Å². The van der Waals surface area contributed by atoms with Gasteiger partial charge in [0.2, 0.25) is 11.8 Å². The summed E-state index contributed by atoms with van der Waals surface area (Å²) in [5.74, 6) is -2.39. The van der Waals surface area contributed by atoms with Crippen LogP contribution in [0.3, 0.4) is 0 Å². The summed E-state index contributed by atoms with van der Waals surface area (Å²) in [6.07, 6.45) is 4.82. The third-order valence-electron chi connectivity index (χ3n) is 5.99. The van der Waals surface area contributed by atoms with E-state index in [0.29, 0.717) is 5.69 Å². The van der Waals surface area contributed by atoms with Crippen molar-refractivity contribution in [2.45, 2.75) is 20.3 Å². The molecule has 3 aliphatic rings. The average Bonchev–Trinajstić information content (AvgIpc) is 3.34. The van der Waals surface area contributed by atoms with E-state index in [9.17, 15) is 19.2 Å². The van der Waals surface area contributed by atoms with Gasteiger partial charge >= 0.3 is 5.97 Å². The lowest BCUT2D eigenvalue weighted by Crippen LogP contribution is -2.38. The fourth-order valence-electron chi connectivity index (χ4n) is 4.54. The zero-order valence-corrected chi connectivity index (χ0v) is 17.7. The zero-order chi connectivity index (χ0) is 20.9. The number of nitrogens with zero attached hydrogens (tertiary/aromatic N) is 1. The molecule has 2 bridgehead atoms. The van der Waals surface area contributed by atoms with E-state index in [0.717, 1.165) is 26.9 Å². The summed E-state index contributed by atoms with van der Waals surface area (Å²) in [5.41, 5.74) is 2.46. The third-order valence-corrected chi connectivity index (χ3v) is 6.85. The molecule has 2 fully saturated rings. The van der Waals surface area contributed by atoms with Crippen molar-refractivity contribution in [1.29, 1.82) is 0 Å². The predicted octanol–water partition coefficient (Wildman–Crippen LogP) is 2.35. The number of halogens is 1. The summed E-state index contributed by atoms with van der Waals surface area (Å²) in [4.78, 5) is 50.4. The van der Waals surface area contributed by atoms with Gasteiger partial charge < -0.3 is 10.1 Å². The number of hydrogen-bond acceptors (Lipinski definition) is 5. The van der Waals surface area contributed by atoms with Crippen molar-refractivity contribution in [3.05, 3.63) is 39.9 Å². The van der Waals surface area contributed by atoms with Gasteiger partial charge in [0.05, 0.1) is 11.8 Å². The van der Waals surface area contributed by atoms with E-state index in [2.05, 4.69) is 21.2 Å². The fourth-order valence-corrected chi connectivity index (χ4v) is 5.00. The number of likely N-dealkylation sites (tertiary alicyclic amines) is 1. The van der Waals surface area contributed by atoms with E-state index in [1.807, 2.05) is 38.1 Å². The first-order valence-corrected chi connectivity index (χ1v) is 10.3. The maximum absolute atomic E-state index is 12.6. The topological polar surface area (TPSA) is 92.8 Å². The molecule has 3 amide bonds. The Morgan fingerprint density at radius 3 is 2.34 bits per heavy atom. The van der Waals surface area contributed by atoms with E-state index in [1.165, 1.54) is 0 Å². The van der Waals surface area contributed by atoms with Crippen molar-refractivity contribution in [1.82, 2.24) is 4.90 Å². The third kappa shape index (κ3) is 3.50. The lowest BCUT2D eigenvalue weighted by Gasteiger charge is -2.16. The van der Waals surface area contributed by atoms with Gasteiger partial charge in [-0.3, -0.25) is 24.1 Å². The summed E-state index contributed by atoms with van der Waals surface area (Å²) in [7, 11) is 0. The molecule has 0 unspecified atom stereocenters. The summed E-state index contributed by atoms with van der Waals surface area (Å²) in [6.45, 7) is 2.83. The minimum atomic E-state index is -0.772. The van der Waals surface area contributed by atoms with Gasteiger partial charge in [-0.25, -0.2) is 0 Å². The average molecular weight is 461 g/mol. The van der Waals surface area contributed by atoms with Crippen LogP contribution in [0.2, 0.25) is 0 Å². The maximum Gasteiger partial charge on any atom is 0.326 e. The molecule has 7 nitrogen and oxygen atoms in total. The van der Waals surface area contributed by atoms with Crippen LogP contribution in [0.15, 0.2) is 28.8 Å². The number of anilines is 1. The molecule has 0 radical (unpaired) electrons. The molecule has 0 aromatic heterocycles. The largest absolute Gasteiger partial charge is 0.454 e. The Bertz CT molecular complexity index is 927. The Morgan fingerprint density at radius 2 is 1.72 bits per heavy atom. The second-order valence-corrected chi connectivity index (χ2v) is 8.74. The number of aryl methyl sites for hydroxylation is 2. The number of carbonyl (C=O) groups is 4. The predicted molar refractivity (Wildman–Crippen MR) is 108 cm³/mol. The van der Waals surface area contributed by atoms with Crippen molar-refractivity contribution >= 4 is 45.3 Å². The van der Waals surface area contributed by atoms with Crippen molar-refractivity contribution in [3.8, 4) is 0 Å². The molecule has 0 spiro atoms. The fraction of sp³-hybridized carbons (Fsp3) is 0.429. The summed E-state index contributed by atoms with van der Waals surface area (Å²) < 4.78 is 5.94. The number of benzene rings is 1. The highest BCUT2D eigenvalue weighted by Crippen LogP contribution is 2.52. The van der Waals surface area contributed by atoms with E-state index >= 15 is 0 Å². The summed E-state index contributed by atoms with van der Waals surface area (Å²) >= 11 is 3.43. The number of ether oxygens (including phenoxy) is 1. The molecule has 1 N–H and O–H groups in total. The smallest absolute Gasteiger partial charge is 0.326 e. The molecule has 29 heavy (non-hydrogen) atoms. The lowest BCUT2D eigenvalue weighted by molar-refractivity contribution is -0.154. The summed E-state index contributed by atoms with van der Waals surface area (Å²) in [5, 5.41) is 2.70. The molecule has 152 valence electrons. The number of fused-ring (bicyclic) bond motifs is 5. The van der Waals surface area contributed by atoms with Crippen molar-refractivity contribution in [2.24, 2.45) is 23.7 Å². The van der Waals surface area contributed by atoms with Gasteiger partial charge in [-0.1, -0.05) is 28.1 Å². The lowest BCUT2D eigenvalue weighted by atomic mass is 9.85. The van der Waals surface area contributed by atoms with Crippen LogP contribution in [0.25, 0.3) is 0 Å². The van der Waals surface area contributed by atoms with Crippen LogP contribution in [0, 0.1) is 37.5 Å². The first-order chi connectivity index (χ1) is 13.8. The standard InChI is InChI=1S/C21H21BrN2O5/c1-10-6-15(11(2)5-14(10)22)23-16(25)9-29-17(26)8-24-20(27)18-12-3-4-13(7-12)19(18)21(24)28/h3-6,12-13,18-19H,7-9H2,1-2H3,(H,23,25)/t12-,13-,18-,19-/m0/s1. The van der Waals surface area contributed by atoms with Crippen LogP contribution in [-0.4, -0.2) is 41.7 Å². The van der Waals surface area contributed by atoms with E-state index < -0.39 is 25.0 Å². The Labute approximate surface area is 176 Å². The van der Waals surface area contributed by atoms with Crippen molar-refractivity contribution < 1.29 is 23.9 Å². The van der Waals surface area contributed by atoms with Crippen LogP contribution in [-0.2, 0) is 23.9 Å². The second-order valence-electron chi connectivity index (χ2n) is 7.89. The Hall–Kier alpha value is -2.48. The monoisotopic (exact) mass is 460 g/mol. The molecule has 8 heteroatoms. The van der Waals surface area contributed by atoms with Gasteiger partial charge in [0.15, 0.2) is 6.61 Å². The minimum absolute atomic E-state index is 0.0888. The number of esters is 1. The molecular weight excluding hydrogens is 440 g/mol. The highest BCUT2D eigenvalue weighted by Gasteiger charge is 2.59. The second kappa shape index (κ2) is 7.40. The van der Waals surface area contributed by atoms with E-state index in [1.54, 1.807) is 0 Å². The Balaban J connectivity index is 1.31. The molecule has 4 rings (SSSR count). The normalized spacial score (nSPS) is 26.8. The van der Waals surface area contributed by atoms with E-state index in [-0.39, 0.29) is 35.5 Å². The van der Waals surface area contributed by atoms with Crippen molar-refractivity contribution in [2.75, 3.05) is 18.5 Å². The molecule has 4 atom stereocenters.